The van der Waals surface area contributed by atoms with Crippen molar-refractivity contribution in [1.82, 2.24) is 0 Å². The monoisotopic (exact) mass is 336 g/mol. The molecule has 0 atom stereocenters. The molecule has 1 rings (SSSR count). The van der Waals surface area contributed by atoms with Crippen molar-refractivity contribution in [3.05, 3.63) is 35.9 Å². The van der Waals surface area contributed by atoms with Crippen molar-refractivity contribution in [2.45, 2.75) is 78.7 Å². The lowest BCUT2D eigenvalue weighted by molar-refractivity contribution is -0.142. The molecular formula is C21H36O3. The fraction of sp³-hybridized carbons (Fsp3) is 0.667. The second-order valence-corrected chi connectivity index (χ2v) is 6.00. The van der Waals surface area contributed by atoms with Gasteiger partial charge in [-0.15, -0.1) is 0 Å². The van der Waals surface area contributed by atoms with Crippen molar-refractivity contribution in [3.8, 4) is 0 Å². The zero-order chi connectivity index (χ0) is 17.9. The van der Waals surface area contributed by atoms with Gasteiger partial charge in [0.1, 0.15) is 6.61 Å². The molecule has 0 unspecified atom stereocenters. The van der Waals surface area contributed by atoms with E-state index in [0.29, 0.717) is 6.61 Å². The highest BCUT2D eigenvalue weighted by molar-refractivity contribution is 5.65. The molecule has 0 aliphatic carbocycles. The molecule has 3 heteroatoms. The molecule has 0 aromatic heterocycles. The summed E-state index contributed by atoms with van der Waals surface area (Å²) in [7, 11) is 0. The number of ether oxygens (including phenoxy) is 2. The van der Waals surface area contributed by atoms with Crippen molar-refractivity contribution in [2.75, 3.05) is 13.2 Å². The number of hydrogen-bond acceptors (Lipinski definition) is 3. The van der Waals surface area contributed by atoms with Crippen LogP contribution in [0.5, 0.6) is 0 Å². The first-order chi connectivity index (χ1) is 11.7. The summed E-state index contributed by atoms with van der Waals surface area (Å²) in [5.41, 5.74) is 1.02. The van der Waals surface area contributed by atoms with Crippen molar-refractivity contribution < 1.29 is 14.3 Å². The molecule has 0 heterocycles. The molecule has 0 radical (unpaired) electrons. The lowest BCUT2D eigenvalue weighted by Crippen LogP contribution is -1.97. The Hall–Kier alpha value is -1.35. The first-order valence-electron chi connectivity index (χ1n) is 9.45. The van der Waals surface area contributed by atoms with Crippen molar-refractivity contribution in [1.29, 1.82) is 0 Å². The van der Waals surface area contributed by atoms with Crippen LogP contribution in [0.3, 0.4) is 0 Å². The van der Waals surface area contributed by atoms with Gasteiger partial charge < -0.3 is 9.47 Å². The standard InChI is InChI=1S/C12H26O.C9H10O2/c1-3-5-7-9-11-13-12-10-8-6-4-2;1-8(10)11-7-9-5-3-2-4-6-9/h3-12H2,1-2H3;2-6H,7H2,1H3. The van der Waals surface area contributed by atoms with Crippen molar-refractivity contribution >= 4 is 5.97 Å². The van der Waals surface area contributed by atoms with Crippen LogP contribution in [0, 0.1) is 0 Å². The molecule has 0 spiro atoms. The molecule has 0 saturated carbocycles. The zero-order valence-electron chi connectivity index (χ0n) is 15.9. The largest absolute Gasteiger partial charge is 0.461 e. The van der Waals surface area contributed by atoms with E-state index in [4.69, 9.17) is 9.47 Å². The molecule has 24 heavy (non-hydrogen) atoms. The molecule has 0 bridgehead atoms. The van der Waals surface area contributed by atoms with E-state index >= 15 is 0 Å². The zero-order valence-corrected chi connectivity index (χ0v) is 15.9. The third-order valence-corrected chi connectivity index (χ3v) is 3.57. The molecule has 1 aromatic rings. The Kier molecular flexibility index (Phi) is 17.0. The number of esters is 1. The number of carbonyl (C=O) groups excluding carboxylic acids is 1. The Morgan fingerprint density at radius 1 is 0.833 bits per heavy atom. The summed E-state index contributed by atoms with van der Waals surface area (Å²) in [4.78, 5) is 10.4. The summed E-state index contributed by atoms with van der Waals surface area (Å²) in [5.74, 6) is -0.242. The average molecular weight is 337 g/mol. The molecule has 0 saturated heterocycles. The molecule has 0 aliphatic rings. The average Bonchev–Trinajstić information content (AvgIpc) is 2.60. The van der Waals surface area contributed by atoms with Gasteiger partial charge in [-0.2, -0.15) is 0 Å². The smallest absolute Gasteiger partial charge is 0.302 e. The SMILES string of the molecule is CC(=O)OCc1ccccc1.CCCCCCOCCCCCC. The maximum absolute atomic E-state index is 10.4. The summed E-state index contributed by atoms with van der Waals surface area (Å²) < 4.78 is 10.3. The molecule has 0 amide bonds. The molecule has 1 aromatic carbocycles. The van der Waals surface area contributed by atoms with E-state index in [1.807, 2.05) is 30.3 Å². The Bertz CT molecular complexity index is 366. The van der Waals surface area contributed by atoms with E-state index in [2.05, 4.69) is 13.8 Å². The third-order valence-electron chi connectivity index (χ3n) is 3.57. The van der Waals surface area contributed by atoms with Gasteiger partial charge in [-0.05, 0) is 18.4 Å². The highest BCUT2D eigenvalue weighted by Gasteiger charge is 1.93. The summed E-state index contributed by atoms with van der Waals surface area (Å²) in [5, 5.41) is 0. The minimum absolute atomic E-state index is 0.242. The molecule has 0 N–H and O–H groups in total. The van der Waals surface area contributed by atoms with Gasteiger partial charge in [-0.25, -0.2) is 0 Å². The molecule has 3 nitrogen and oxygen atoms in total. The number of rotatable bonds is 12. The van der Waals surface area contributed by atoms with E-state index in [-0.39, 0.29) is 5.97 Å². The minimum Gasteiger partial charge on any atom is -0.461 e. The van der Waals surface area contributed by atoms with Crippen LogP contribution < -0.4 is 0 Å². The second-order valence-electron chi connectivity index (χ2n) is 6.00. The number of hydrogen-bond donors (Lipinski definition) is 0. The van der Waals surface area contributed by atoms with Gasteiger partial charge in [0, 0.05) is 20.1 Å². The van der Waals surface area contributed by atoms with Crippen LogP contribution in [0.15, 0.2) is 30.3 Å². The summed E-state index contributed by atoms with van der Waals surface area (Å²) in [6, 6.07) is 9.60. The third kappa shape index (κ3) is 17.0. The first-order valence-corrected chi connectivity index (χ1v) is 9.45. The van der Waals surface area contributed by atoms with Gasteiger partial charge >= 0.3 is 5.97 Å². The molecule has 0 fully saturated rings. The van der Waals surface area contributed by atoms with Gasteiger partial charge in [0.25, 0.3) is 0 Å². The van der Waals surface area contributed by atoms with Crippen LogP contribution in [-0.2, 0) is 20.9 Å². The van der Waals surface area contributed by atoms with Crippen LogP contribution in [0.2, 0.25) is 0 Å². The number of benzene rings is 1. The van der Waals surface area contributed by atoms with Gasteiger partial charge in [0.15, 0.2) is 0 Å². The van der Waals surface area contributed by atoms with Crippen LogP contribution in [-0.4, -0.2) is 19.2 Å². The van der Waals surface area contributed by atoms with E-state index in [1.54, 1.807) is 0 Å². The fourth-order valence-electron chi connectivity index (χ4n) is 2.12. The quantitative estimate of drug-likeness (QED) is 0.351. The normalized spacial score (nSPS) is 9.96. The van der Waals surface area contributed by atoms with Gasteiger partial charge in [0.05, 0.1) is 0 Å². The van der Waals surface area contributed by atoms with Crippen LogP contribution in [0.4, 0.5) is 0 Å². The Labute approximate surface area is 148 Å². The minimum atomic E-state index is -0.242. The van der Waals surface area contributed by atoms with Gasteiger partial charge in [-0.3, -0.25) is 4.79 Å². The molecule has 0 aliphatic heterocycles. The number of carbonyl (C=O) groups is 1. The Morgan fingerprint density at radius 2 is 1.38 bits per heavy atom. The lowest BCUT2D eigenvalue weighted by atomic mass is 10.2. The van der Waals surface area contributed by atoms with E-state index in [1.165, 1.54) is 58.3 Å². The molecular weight excluding hydrogens is 300 g/mol. The predicted molar refractivity (Wildman–Crippen MR) is 101 cm³/mol. The highest BCUT2D eigenvalue weighted by Crippen LogP contribution is 2.02. The fourth-order valence-corrected chi connectivity index (χ4v) is 2.12. The van der Waals surface area contributed by atoms with E-state index in [0.717, 1.165) is 18.8 Å². The van der Waals surface area contributed by atoms with Gasteiger partial charge in [-0.1, -0.05) is 82.7 Å². The van der Waals surface area contributed by atoms with Crippen LogP contribution >= 0.6 is 0 Å². The predicted octanol–water partition coefficient (Wildman–Crippen LogP) is 5.91. The molecule has 138 valence electrons. The van der Waals surface area contributed by atoms with E-state index < -0.39 is 0 Å². The first kappa shape index (κ1) is 22.6. The topological polar surface area (TPSA) is 35.5 Å². The lowest BCUT2D eigenvalue weighted by Gasteiger charge is -2.03. The maximum atomic E-state index is 10.4. The van der Waals surface area contributed by atoms with Crippen molar-refractivity contribution in [3.63, 3.8) is 0 Å². The number of unbranched alkanes of at least 4 members (excludes halogenated alkanes) is 6. The van der Waals surface area contributed by atoms with E-state index in [9.17, 15) is 4.79 Å². The Morgan fingerprint density at radius 3 is 1.83 bits per heavy atom. The van der Waals surface area contributed by atoms with Crippen molar-refractivity contribution in [2.24, 2.45) is 0 Å². The van der Waals surface area contributed by atoms with Crippen LogP contribution in [0.1, 0.15) is 77.7 Å². The Balaban J connectivity index is 0.000000446. The summed E-state index contributed by atoms with van der Waals surface area (Å²) in [6.45, 7) is 8.22. The summed E-state index contributed by atoms with van der Waals surface area (Å²) >= 11 is 0. The summed E-state index contributed by atoms with van der Waals surface area (Å²) in [6.07, 6.45) is 10.5. The second kappa shape index (κ2) is 18.0. The highest BCUT2D eigenvalue weighted by atomic mass is 16.5. The van der Waals surface area contributed by atoms with Gasteiger partial charge in [0.2, 0.25) is 0 Å². The maximum Gasteiger partial charge on any atom is 0.302 e. The van der Waals surface area contributed by atoms with Crippen LogP contribution in [0.25, 0.3) is 0 Å².